The Bertz CT molecular complexity index is 7840. The summed E-state index contributed by atoms with van der Waals surface area (Å²) in [7, 11) is 0. The molecule has 0 aromatic heterocycles. The van der Waals surface area contributed by atoms with Gasteiger partial charge in [-0.3, -0.25) is 0 Å². The third kappa shape index (κ3) is 1.82. The van der Waals surface area contributed by atoms with E-state index in [0.717, 1.165) is 21.6 Å². The molecular weight excluding hydrogens is 957 g/mol. The van der Waals surface area contributed by atoms with E-state index in [-0.39, 0.29) is 0 Å². The predicted octanol–water partition coefficient (Wildman–Crippen LogP) is 20.1. The van der Waals surface area contributed by atoms with Crippen molar-refractivity contribution in [2.45, 2.75) is 22.6 Å². The molecule has 0 aliphatic heterocycles. The van der Waals surface area contributed by atoms with E-state index in [1.54, 1.807) is 313 Å². The number of hydrogen-bond donors (Lipinski definition) is 1. The lowest BCUT2D eigenvalue weighted by atomic mass is 9.49. The second-order valence-electron chi connectivity index (χ2n) is 27.2. The van der Waals surface area contributed by atoms with Crippen LogP contribution in [-0.2, 0) is 10.8 Å². The predicted molar refractivity (Wildman–Crippen MR) is 333 cm³/mol. The van der Waals surface area contributed by atoms with Gasteiger partial charge in [-0.1, -0.05) is 23.7 Å². The van der Waals surface area contributed by atoms with Crippen molar-refractivity contribution in [1.29, 1.82) is 0 Å². The lowest BCUT2D eigenvalue weighted by Gasteiger charge is -2.49. The topological polar surface area (TPSA) is 0 Å². The second-order valence-corrected chi connectivity index (χ2v) is 27.8. The van der Waals surface area contributed by atoms with Crippen LogP contribution >= 0.6 is 12.6 Å². The Hall–Kier alpha value is -9.63. The summed E-state index contributed by atoms with van der Waals surface area (Å²) >= 11 is 4.52. The molecule has 0 heterocycles. The molecule has 30 aromatic carbocycles. The van der Waals surface area contributed by atoms with E-state index in [0.29, 0.717) is 0 Å². The summed E-state index contributed by atoms with van der Waals surface area (Å²) in [5.41, 5.74) is 8.46. The number of hydrogen-bond acceptors (Lipinski definition) is 1. The molecule has 0 spiro atoms. The largest absolute Gasteiger partial charge is 0.143 e. The molecule has 0 amide bonds. The van der Waals surface area contributed by atoms with Gasteiger partial charge in [-0.05, 0) is 369 Å². The van der Waals surface area contributed by atoms with Gasteiger partial charge in [0.1, 0.15) is 0 Å². The fraction of sp³-hybridized carbons (Fsp3) is 0.0390. The van der Waals surface area contributed by atoms with Gasteiger partial charge < -0.3 is 0 Å². The Balaban J connectivity index is 0.981. The Morgan fingerprint density at radius 2 is 0.385 bits per heavy atom. The van der Waals surface area contributed by atoms with E-state index in [2.05, 4.69) is 79.6 Å². The van der Waals surface area contributed by atoms with Crippen LogP contribution < -0.4 is 0 Å². The standard InChI is InChI=1S/C77H12S/c1-76-72-64-56-46-36-28-20-18-19-22-26-24(20)32-40-34(26)44-38-30(22)31-23(19)27-25-21(18)29(28)37-43-33(25)41-35(27)45-39(31)49-48(38)60-54(44)62-52(40)58(50(56)42(32)36)66(72)68(62)74-70(60)71-61(49)55(45)63-53(41)59-51(43)57(47(37)46)65(64)73(76)67(59)69(63)75(71)77(74,76)13-12-16-6-4-14(5-7-16)2-3-15-8-10-17(78)11-9-15/h4-11,78H,1H3. The van der Waals surface area contributed by atoms with E-state index in [4.69, 9.17) is 0 Å². The molecule has 0 fully saturated rings. The molecular formula is C77H12S. The quantitative estimate of drug-likeness (QED) is 0.0874. The van der Waals surface area contributed by atoms with Crippen LogP contribution in [0.3, 0.4) is 0 Å². The van der Waals surface area contributed by atoms with E-state index in [1.165, 1.54) is 0 Å². The van der Waals surface area contributed by atoms with E-state index in [1.807, 2.05) is 12.1 Å². The van der Waals surface area contributed by atoms with Crippen LogP contribution in [0.15, 0.2) is 53.4 Å². The summed E-state index contributed by atoms with van der Waals surface area (Å²) in [5, 5.41) is 87.5. The molecule has 0 saturated carbocycles. The lowest BCUT2D eigenvalue weighted by molar-refractivity contribution is 0.439. The highest BCUT2D eigenvalue weighted by Gasteiger charge is 2.68. The first-order valence-corrected chi connectivity index (χ1v) is 28.8. The molecule has 0 unspecified atom stereocenters. The van der Waals surface area contributed by atoms with Crippen LogP contribution in [0.2, 0.25) is 0 Å². The van der Waals surface area contributed by atoms with Crippen molar-refractivity contribution in [3.8, 4) is 23.7 Å². The van der Waals surface area contributed by atoms with E-state index in [9.17, 15) is 0 Å². The summed E-state index contributed by atoms with van der Waals surface area (Å²) in [6.45, 7) is 2.79. The Morgan fingerprint density at radius 3 is 0.603 bits per heavy atom. The van der Waals surface area contributed by atoms with E-state index < -0.39 is 10.8 Å². The number of rotatable bonds is 0. The Kier molecular flexibility index (Phi) is 2.92. The molecule has 78 heavy (non-hydrogen) atoms. The highest BCUT2D eigenvalue weighted by atomic mass is 32.1. The lowest BCUT2D eigenvalue weighted by Crippen LogP contribution is -2.49. The zero-order valence-corrected chi connectivity index (χ0v) is 41.0. The summed E-state index contributed by atoms with van der Waals surface area (Å²) in [5.74, 6) is 15.7. The first-order chi connectivity index (χ1) is 38.7. The molecule has 0 nitrogen and oxygen atoms in total. The fourth-order valence-corrected chi connectivity index (χ4v) is 25.5. The monoisotopic (exact) mass is 968 g/mol. The summed E-state index contributed by atoms with van der Waals surface area (Å²) in [4.78, 5) is 0.952. The molecule has 0 atom stereocenters. The van der Waals surface area contributed by atoms with Gasteiger partial charge in [0.25, 0.3) is 0 Å². The molecule has 0 saturated heterocycles. The van der Waals surface area contributed by atoms with Gasteiger partial charge in [-0.15, -0.1) is 12.6 Å². The smallest absolute Gasteiger partial charge is 0.0975 e. The molecule has 4 aliphatic rings. The number of benzene rings is 20. The van der Waals surface area contributed by atoms with Crippen LogP contribution in [-0.4, -0.2) is 0 Å². The average Bonchev–Trinajstić information content (AvgIpc) is 2.59. The van der Waals surface area contributed by atoms with E-state index >= 15 is 0 Å². The van der Waals surface area contributed by atoms with Crippen LogP contribution in [0.5, 0.6) is 0 Å². The maximum atomic E-state index is 4.64. The molecule has 4 aliphatic carbocycles. The van der Waals surface area contributed by atoms with Gasteiger partial charge in [-0.25, -0.2) is 0 Å². The third-order valence-electron chi connectivity index (χ3n) is 26.2. The molecule has 1 heteroatoms. The minimum absolute atomic E-state index is 0.445. The maximum Gasteiger partial charge on any atom is 0.0975 e. The maximum absolute atomic E-state index is 4.64. The second kappa shape index (κ2) is 7.39. The highest BCUT2D eigenvalue weighted by molar-refractivity contribution is 7.80. The minimum atomic E-state index is -0.629. The molecule has 0 N–H and O–H groups in total. The van der Waals surface area contributed by atoms with Gasteiger partial charge in [-0.2, -0.15) is 0 Å². The molecule has 0 radical (unpaired) electrons. The van der Waals surface area contributed by atoms with Crippen molar-refractivity contribution in [3.63, 3.8) is 0 Å². The van der Waals surface area contributed by atoms with Crippen LogP contribution in [0.4, 0.5) is 0 Å². The zero-order chi connectivity index (χ0) is 47.3. The van der Waals surface area contributed by atoms with Crippen LogP contribution in [0.25, 0.3) is 291 Å². The van der Waals surface area contributed by atoms with Gasteiger partial charge in [0.2, 0.25) is 0 Å². The first kappa shape index (κ1) is 30.8. The fourth-order valence-electron chi connectivity index (χ4n) is 25.4. The molecule has 34 rings (SSSR count). The van der Waals surface area contributed by atoms with Crippen molar-refractivity contribution >= 4 is 303 Å². The Labute approximate surface area is 434 Å². The third-order valence-corrected chi connectivity index (χ3v) is 26.5. The van der Waals surface area contributed by atoms with Crippen molar-refractivity contribution in [2.24, 2.45) is 0 Å². The Morgan fingerprint density at radius 1 is 0.218 bits per heavy atom. The first-order valence-electron chi connectivity index (χ1n) is 28.4. The number of thiol groups is 1. The van der Waals surface area contributed by atoms with Gasteiger partial charge >= 0.3 is 0 Å². The summed E-state index contributed by atoms with van der Waals surface area (Å²) < 4.78 is 0. The minimum Gasteiger partial charge on any atom is -0.143 e. The van der Waals surface area contributed by atoms with Crippen molar-refractivity contribution in [1.82, 2.24) is 0 Å². The van der Waals surface area contributed by atoms with Crippen molar-refractivity contribution in [3.05, 3.63) is 87.5 Å². The van der Waals surface area contributed by atoms with Crippen molar-refractivity contribution in [2.75, 3.05) is 0 Å². The van der Waals surface area contributed by atoms with Crippen LogP contribution in [0.1, 0.15) is 45.9 Å². The molecule has 326 valence electrons. The van der Waals surface area contributed by atoms with Gasteiger partial charge in [0.15, 0.2) is 0 Å². The molecule has 0 bridgehead atoms. The zero-order valence-electron chi connectivity index (χ0n) is 40.1. The summed E-state index contributed by atoms with van der Waals surface area (Å²) in [6.07, 6.45) is 0. The molecule has 30 aromatic rings. The van der Waals surface area contributed by atoms with Crippen molar-refractivity contribution < 1.29 is 0 Å². The van der Waals surface area contributed by atoms with Crippen LogP contribution in [0, 0.1) is 23.7 Å². The normalized spacial score (nSPS) is 20.3. The highest BCUT2D eigenvalue weighted by Crippen LogP contribution is 2.84. The SMILES string of the molecule is CC12c3c4c5c6c7c8c(c9c%10c1c1c3c3c%11c4c4c5c5c7c7c%12c8c8c9c9c%10c%10c1c1c3c3c%11c%11c4c4c5c7c5c7c%12c8c8c9c9c%10c1c1c3c3c%11c4c5c4c7c8c9c1c34)C62C#Cc1ccc(C#Cc2ccc(S)cc2)cc1. The van der Waals surface area contributed by atoms with Gasteiger partial charge in [0.05, 0.1) is 5.41 Å². The van der Waals surface area contributed by atoms with Gasteiger partial charge in [0, 0.05) is 27.0 Å². The summed E-state index contributed by atoms with van der Waals surface area (Å²) in [6, 6.07) is 17.1. The average molecular weight is 969 g/mol.